The summed E-state index contributed by atoms with van der Waals surface area (Å²) in [5, 5.41) is 19.8. The Kier molecular flexibility index (Phi) is 7.75. The van der Waals surface area contributed by atoms with E-state index in [1.807, 2.05) is 12.1 Å². The first-order chi connectivity index (χ1) is 15.4. The zero-order valence-corrected chi connectivity index (χ0v) is 19.0. The lowest BCUT2D eigenvalue weighted by molar-refractivity contribution is 0.102. The van der Waals surface area contributed by atoms with Crippen LogP contribution in [-0.4, -0.2) is 37.2 Å². The SMILES string of the molecule is CCCC(C)c1cc(NC(=O)c2cncc(C(=O)Nc3cc(C(C)CCC)[nH]n3)c2)n[nH]1. The standard InChI is InChI=1S/C23H31N7O2/c1-5-7-14(3)18-10-20(29-27-18)25-22(31)16-9-17(13-24-12-16)23(32)26-21-11-19(28-30-21)15(4)8-6-2/h9-15H,5-8H2,1-4H3,(H2,25,27,29,31)(H2,26,28,30,32). The molecule has 9 heteroatoms. The Morgan fingerprint density at radius 3 is 1.66 bits per heavy atom. The molecular weight excluding hydrogens is 406 g/mol. The molecule has 170 valence electrons. The molecule has 0 aliphatic rings. The number of hydrogen-bond donors (Lipinski definition) is 4. The molecule has 0 radical (unpaired) electrons. The number of carbonyl (C=O) groups excluding carboxylic acids is 2. The van der Waals surface area contributed by atoms with Crippen LogP contribution >= 0.6 is 0 Å². The van der Waals surface area contributed by atoms with E-state index in [1.54, 1.807) is 0 Å². The van der Waals surface area contributed by atoms with Crippen LogP contribution in [0.25, 0.3) is 0 Å². The van der Waals surface area contributed by atoms with Crippen molar-refractivity contribution in [3.8, 4) is 0 Å². The fourth-order valence-corrected chi connectivity index (χ4v) is 3.55. The van der Waals surface area contributed by atoms with Gasteiger partial charge >= 0.3 is 0 Å². The number of hydrogen-bond acceptors (Lipinski definition) is 5. The molecule has 3 rings (SSSR count). The minimum absolute atomic E-state index is 0.267. The van der Waals surface area contributed by atoms with E-state index in [0.29, 0.717) is 23.5 Å². The molecule has 9 nitrogen and oxygen atoms in total. The maximum Gasteiger partial charge on any atom is 0.258 e. The number of carbonyl (C=O) groups is 2. The fraction of sp³-hybridized carbons (Fsp3) is 0.435. The first kappa shape index (κ1) is 23.2. The molecule has 0 saturated heterocycles. The van der Waals surface area contributed by atoms with Gasteiger partial charge in [-0.1, -0.05) is 40.5 Å². The van der Waals surface area contributed by atoms with Crippen LogP contribution < -0.4 is 10.6 Å². The summed E-state index contributed by atoms with van der Waals surface area (Å²) in [5.74, 6) is 0.771. The van der Waals surface area contributed by atoms with Crippen molar-refractivity contribution in [1.82, 2.24) is 25.4 Å². The second kappa shape index (κ2) is 10.7. The zero-order valence-electron chi connectivity index (χ0n) is 19.0. The molecular formula is C23H31N7O2. The average Bonchev–Trinajstić information content (AvgIpc) is 3.44. The van der Waals surface area contributed by atoms with Crippen molar-refractivity contribution in [2.75, 3.05) is 10.6 Å². The van der Waals surface area contributed by atoms with Gasteiger partial charge in [0, 0.05) is 35.9 Å². The quantitative estimate of drug-likeness (QED) is 0.361. The molecule has 2 atom stereocenters. The predicted molar refractivity (Wildman–Crippen MR) is 124 cm³/mol. The van der Waals surface area contributed by atoms with E-state index < -0.39 is 0 Å². The van der Waals surface area contributed by atoms with Crippen molar-refractivity contribution >= 4 is 23.5 Å². The molecule has 4 N–H and O–H groups in total. The van der Waals surface area contributed by atoms with Gasteiger partial charge in [-0.2, -0.15) is 10.2 Å². The third-order valence-corrected chi connectivity index (χ3v) is 5.45. The summed E-state index contributed by atoms with van der Waals surface area (Å²) in [7, 11) is 0. The predicted octanol–water partition coefficient (Wildman–Crippen LogP) is 4.84. The number of H-pyrrole nitrogens is 2. The summed E-state index contributed by atoms with van der Waals surface area (Å²) in [6.07, 6.45) is 7.04. The number of nitrogens with zero attached hydrogens (tertiary/aromatic N) is 3. The molecule has 0 bridgehead atoms. The lowest BCUT2D eigenvalue weighted by Crippen LogP contribution is -2.16. The van der Waals surface area contributed by atoms with Crippen LogP contribution in [0.5, 0.6) is 0 Å². The monoisotopic (exact) mass is 437 g/mol. The molecule has 0 spiro atoms. The number of nitrogens with one attached hydrogen (secondary N) is 4. The summed E-state index contributed by atoms with van der Waals surface area (Å²) in [6.45, 7) is 8.48. The Morgan fingerprint density at radius 1 is 0.812 bits per heavy atom. The van der Waals surface area contributed by atoms with Crippen LogP contribution in [0.2, 0.25) is 0 Å². The molecule has 3 aromatic heterocycles. The number of anilines is 2. The van der Waals surface area contributed by atoms with Gasteiger partial charge in [-0.25, -0.2) is 0 Å². The summed E-state index contributed by atoms with van der Waals surface area (Å²) in [4.78, 5) is 29.3. The smallest absolute Gasteiger partial charge is 0.258 e. The van der Waals surface area contributed by atoms with Crippen LogP contribution in [-0.2, 0) is 0 Å². The largest absolute Gasteiger partial charge is 0.305 e. The van der Waals surface area contributed by atoms with E-state index in [2.05, 4.69) is 63.7 Å². The van der Waals surface area contributed by atoms with Crippen LogP contribution in [0, 0.1) is 0 Å². The van der Waals surface area contributed by atoms with E-state index in [0.717, 1.165) is 37.1 Å². The van der Waals surface area contributed by atoms with Gasteiger partial charge in [0.15, 0.2) is 11.6 Å². The van der Waals surface area contributed by atoms with Gasteiger partial charge in [-0.05, 0) is 30.7 Å². The van der Waals surface area contributed by atoms with Crippen molar-refractivity contribution in [3.05, 3.63) is 53.1 Å². The second-order valence-corrected chi connectivity index (χ2v) is 8.17. The summed E-state index contributed by atoms with van der Waals surface area (Å²) < 4.78 is 0. The van der Waals surface area contributed by atoms with Gasteiger partial charge in [-0.15, -0.1) is 0 Å². The van der Waals surface area contributed by atoms with Crippen LogP contribution in [0.15, 0.2) is 30.6 Å². The number of pyridine rings is 1. The van der Waals surface area contributed by atoms with E-state index in [-0.39, 0.29) is 22.9 Å². The van der Waals surface area contributed by atoms with Crippen molar-refractivity contribution in [2.45, 2.75) is 65.2 Å². The Hall–Kier alpha value is -3.49. The van der Waals surface area contributed by atoms with Crippen molar-refractivity contribution in [2.24, 2.45) is 0 Å². The van der Waals surface area contributed by atoms with Gasteiger partial charge in [0.25, 0.3) is 11.8 Å². The molecule has 3 aromatic rings. The molecule has 0 aliphatic carbocycles. The minimum Gasteiger partial charge on any atom is -0.305 e. The highest BCUT2D eigenvalue weighted by atomic mass is 16.2. The first-order valence-electron chi connectivity index (χ1n) is 11.1. The van der Waals surface area contributed by atoms with Gasteiger partial charge < -0.3 is 10.6 Å². The Labute approximate surface area is 187 Å². The highest BCUT2D eigenvalue weighted by Crippen LogP contribution is 2.22. The topological polar surface area (TPSA) is 128 Å². The van der Waals surface area contributed by atoms with E-state index in [4.69, 9.17) is 0 Å². The molecule has 3 heterocycles. The van der Waals surface area contributed by atoms with Crippen LogP contribution in [0.1, 0.15) is 97.3 Å². The Morgan fingerprint density at radius 2 is 1.25 bits per heavy atom. The van der Waals surface area contributed by atoms with Gasteiger partial charge in [0.2, 0.25) is 0 Å². The summed E-state index contributed by atoms with van der Waals surface area (Å²) in [5.41, 5.74) is 2.48. The number of amides is 2. The molecule has 0 aliphatic heterocycles. The maximum absolute atomic E-state index is 12.6. The Bertz CT molecular complexity index is 977. The average molecular weight is 438 g/mol. The van der Waals surface area contributed by atoms with Crippen molar-refractivity contribution in [1.29, 1.82) is 0 Å². The maximum atomic E-state index is 12.6. The molecule has 0 saturated carbocycles. The van der Waals surface area contributed by atoms with Crippen molar-refractivity contribution < 1.29 is 9.59 Å². The van der Waals surface area contributed by atoms with Gasteiger partial charge in [-0.3, -0.25) is 24.8 Å². The zero-order chi connectivity index (χ0) is 23.1. The van der Waals surface area contributed by atoms with Gasteiger partial charge in [0.1, 0.15) is 0 Å². The highest BCUT2D eigenvalue weighted by Gasteiger charge is 2.16. The first-order valence-corrected chi connectivity index (χ1v) is 11.1. The normalized spacial score (nSPS) is 12.9. The molecule has 0 aromatic carbocycles. The van der Waals surface area contributed by atoms with Gasteiger partial charge in [0.05, 0.1) is 11.1 Å². The van der Waals surface area contributed by atoms with E-state index >= 15 is 0 Å². The van der Waals surface area contributed by atoms with E-state index in [1.165, 1.54) is 18.5 Å². The van der Waals surface area contributed by atoms with Crippen LogP contribution in [0.3, 0.4) is 0 Å². The molecule has 2 unspecified atom stereocenters. The molecule has 2 amide bonds. The lowest BCUT2D eigenvalue weighted by Gasteiger charge is -2.06. The second-order valence-electron chi connectivity index (χ2n) is 8.17. The van der Waals surface area contributed by atoms with Crippen molar-refractivity contribution in [3.63, 3.8) is 0 Å². The van der Waals surface area contributed by atoms with Crippen LogP contribution in [0.4, 0.5) is 11.6 Å². The number of aromatic amines is 2. The van der Waals surface area contributed by atoms with E-state index in [9.17, 15) is 9.59 Å². The Balaban J connectivity index is 1.64. The third kappa shape index (κ3) is 5.81. The highest BCUT2D eigenvalue weighted by molar-refractivity contribution is 6.07. The minimum atomic E-state index is -0.385. The fourth-order valence-electron chi connectivity index (χ4n) is 3.55. The summed E-state index contributed by atoms with van der Waals surface area (Å²) in [6, 6.07) is 5.16. The lowest BCUT2D eigenvalue weighted by atomic mass is 10.0. The molecule has 32 heavy (non-hydrogen) atoms. The number of aromatic nitrogens is 5. The number of rotatable bonds is 10. The summed E-state index contributed by atoms with van der Waals surface area (Å²) >= 11 is 0. The molecule has 0 fully saturated rings. The third-order valence-electron chi connectivity index (χ3n) is 5.45.